The maximum atomic E-state index is 6.82. The molecule has 0 radical (unpaired) electrons. The van der Waals surface area contributed by atoms with Gasteiger partial charge in [-0.2, -0.15) is 0 Å². The molecule has 1 nitrogen and oxygen atoms in total. The average molecular weight is 665 g/mol. The van der Waals surface area contributed by atoms with E-state index in [4.69, 9.17) is 4.42 Å². The first-order valence-electron chi connectivity index (χ1n) is 18.4. The lowest BCUT2D eigenvalue weighted by Crippen LogP contribution is -2.18. The summed E-state index contributed by atoms with van der Waals surface area (Å²) in [6.45, 7) is 4.81. The van der Waals surface area contributed by atoms with E-state index in [0.29, 0.717) is 0 Å². The van der Waals surface area contributed by atoms with Crippen LogP contribution >= 0.6 is 0 Å². The number of para-hydroxylation sites is 1. The van der Waals surface area contributed by atoms with E-state index < -0.39 is 0 Å². The molecule has 0 fully saturated rings. The van der Waals surface area contributed by atoms with Crippen molar-refractivity contribution >= 4 is 59.8 Å². The topological polar surface area (TPSA) is 13.1 Å². The second-order valence-corrected chi connectivity index (χ2v) is 15.1. The van der Waals surface area contributed by atoms with Crippen molar-refractivity contribution in [2.75, 3.05) is 0 Å². The Balaban J connectivity index is 1.12. The van der Waals surface area contributed by atoms with E-state index in [1.54, 1.807) is 0 Å². The zero-order valence-corrected chi connectivity index (χ0v) is 29.3. The van der Waals surface area contributed by atoms with Gasteiger partial charge < -0.3 is 4.42 Å². The minimum Gasteiger partial charge on any atom is -0.456 e. The van der Waals surface area contributed by atoms with Gasteiger partial charge in [0.15, 0.2) is 0 Å². The molecular weight excluding hydrogens is 629 g/mol. The number of rotatable bonds is 3. The highest BCUT2D eigenvalue weighted by molar-refractivity contribution is 6.22. The fraction of sp³-hybridized carbons (Fsp3) is 0.0980. The van der Waals surface area contributed by atoms with Crippen molar-refractivity contribution in [3.8, 4) is 22.3 Å². The van der Waals surface area contributed by atoms with Crippen LogP contribution in [0.15, 0.2) is 174 Å². The molecule has 0 saturated carbocycles. The standard InChI is InChI=1S/C51H36O/c1-51(2)43-29-28-34(30-42(43)47-39-20-10-11-21-40(39)48-41-22-12-13-23-44(41)52-50(48)49(47)51)46-37-18-8-6-16-35(37)45(36-17-7-9-19-38(36)46)33-26-24-32(25-27-33)31-14-4-3-5-15-31/h3-29,42H,30H2,1-2H3. The van der Waals surface area contributed by atoms with Crippen molar-refractivity contribution < 1.29 is 4.42 Å². The Hall–Kier alpha value is -6.18. The van der Waals surface area contributed by atoms with Crippen LogP contribution in [0, 0.1) is 0 Å². The highest BCUT2D eigenvalue weighted by Crippen LogP contribution is 2.60. The van der Waals surface area contributed by atoms with Gasteiger partial charge in [0.25, 0.3) is 0 Å². The normalized spacial score (nSPS) is 16.4. The van der Waals surface area contributed by atoms with Gasteiger partial charge >= 0.3 is 0 Å². The molecule has 0 bridgehead atoms. The van der Waals surface area contributed by atoms with Gasteiger partial charge in [0.05, 0.1) is 0 Å². The zero-order chi connectivity index (χ0) is 34.6. The number of allylic oxidation sites excluding steroid dienone is 4. The van der Waals surface area contributed by atoms with Crippen molar-refractivity contribution in [2.45, 2.75) is 31.6 Å². The average Bonchev–Trinajstić information content (AvgIpc) is 3.69. The lowest BCUT2D eigenvalue weighted by Gasteiger charge is -2.28. The molecule has 2 aliphatic carbocycles. The first-order valence-corrected chi connectivity index (χ1v) is 18.4. The fourth-order valence-electron chi connectivity index (χ4n) is 9.85. The minimum atomic E-state index is -0.169. The molecule has 0 amide bonds. The first kappa shape index (κ1) is 29.5. The molecule has 2 aliphatic rings. The van der Waals surface area contributed by atoms with E-state index in [9.17, 15) is 0 Å². The van der Waals surface area contributed by atoms with Crippen LogP contribution in [0.5, 0.6) is 0 Å². The molecule has 246 valence electrons. The maximum Gasteiger partial charge on any atom is 0.140 e. The third kappa shape index (κ3) is 4.05. The van der Waals surface area contributed by atoms with Gasteiger partial charge in [0.1, 0.15) is 11.2 Å². The number of benzene rings is 8. The lowest BCUT2D eigenvalue weighted by molar-refractivity contribution is 0.597. The van der Waals surface area contributed by atoms with Gasteiger partial charge in [0.2, 0.25) is 0 Å². The van der Waals surface area contributed by atoms with Gasteiger partial charge in [-0.3, -0.25) is 0 Å². The molecule has 52 heavy (non-hydrogen) atoms. The van der Waals surface area contributed by atoms with Crippen LogP contribution in [-0.2, 0) is 5.41 Å². The number of furan rings is 1. The third-order valence-electron chi connectivity index (χ3n) is 12.1. The molecule has 1 heteroatoms. The SMILES string of the molecule is CC1(C)C2=CC=C(c3c4ccccc4c(-c4ccc(-c5ccccc5)cc4)c4ccccc34)CC2c2c1c1oc3ccccc3c1c1ccccc21. The largest absolute Gasteiger partial charge is 0.456 e. The van der Waals surface area contributed by atoms with Gasteiger partial charge in [0, 0.05) is 27.7 Å². The predicted molar refractivity (Wildman–Crippen MR) is 220 cm³/mol. The third-order valence-corrected chi connectivity index (χ3v) is 12.1. The molecule has 0 spiro atoms. The molecule has 0 aliphatic heterocycles. The van der Waals surface area contributed by atoms with Gasteiger partial charge in [-0.15, -0.1) is 0 Å². The summed E-state index contributed by atoms with van der Waals surface area (Å²) in [4.78, 5) is 0. The summed E-state index contributed by atoms with van der Waals surface area (Å²) in [5, 5.41) is 10.3. The summed E-state index contributed by atoms with van der Waals surface area (Å²) < 4.78 is 6.82. The molecule has 9 aromatic rings. The Labute approximate surface area is 303 Å². The molecule has 1 heterocycles. The lowest BCUT2D eigenvalue weighted by atomic mass is 9.75. The second-order valence-electron chi connectivity index (χ2n) is 15.1. The highest BCUT2D eigenvalue weighted by atomic mass is 16.3. The Bertz CT molecular complexity index is 2930. The Morgan fingerprint density at radius 2 is 1.00 bits per heavy atom. The van der Waals surface area contributed by atoms with Crippen molar-refractivity contribution in [3.63, 3.8) is 0 Å². The van der Waals surface area contributed by atoms with Crippen molar-refractivity contribution in [2.24, 2.45) is 0 Å². The molecule has 1 atom stereocenters. The number of hydrogen-bond donors (Lipinski definition) is 0. The number of fused-ring (bicyclic) bond motifs is 12. The second kappa shape index (κ2) is 10.9. The van der Waals surface area contributed by atoms with E-state index >= 15 is 0 Å². The van der Waals surface area contributed by atoms with Gasteiger partial charge in [-0.25, -0.2) is 0 Å². The Morgan fingerprint density at radius 3 is 1.67 bits per heavy atom. The zero-order valence-electron chi connectivity index (χ0n) is 29.3. The van der Waals surface area contributed by atoms with E-state index in [2.05, 4.69) is 178 Å². The molecule has 0 N–H and O–H groups in total. The fourth-order valence-corrected chi connectivity index (χ4v) is 9.85. The molecule has 8 aromatic carbocycles. The van der Waals surface area contributed by atoms with Gasteiger partial charge in [-0.05, 0) is 83.8 Å². The molecule has 1 aromatic heterocycles. The van der Waals surface area contributed by atoms with E-state index in [0.717, 1.165) is 17.6 Å². The quantitative estimate of drug-likeness (QED) is 0.171. The summed E-state index contributed by atoms with van der Waals surface area (Å²) in [6, 6.07) is 55.4. The Morgan fingerprint density at radius 1 is 0.481 bits per heavy atom. The summed E-state index contributed by atoms with van der Waals surface area (Å²) in [7, 11) is 0. The van der Waals surface area contributed by atoms with Crippen LogP contribution in [0.25, 0.3) is 82.1 Å². The number of hydrogen-bond acceptors (Lipinski definition) is 1. The monoisotopic (exact) mass is 664 g/mol. The van der Waals surface area contributed by atoms with Gasteiger partial charge in [-0.1, -0.05) is 177 Å². The Kier molecular flexibility index (Phi) is 6.20. The van der Waals surface area contributed by atoms with Crippen molar-refractivity contribution in [1.82, 2.24) is 0 Å². The van der Waals surface area contributed by atoms with E-state index in [1.165, 1.54) is 93.2 Å². The minimum absolute atomic E-state index is 0.169. The van der Waals surface area contributed by atoms with Crippen molar-refractivity contribution in [3.05, 3.63) is 186 Å². The van der Waals surface area contributed by atoms with E-state index in [-0.39, 0.29) is 11.3 Å². The van der Waals surface area contributed by atoms with Crippen LogP contribution in [-0.4, -0.2) is 0 Å². The summed E-state index contributed by atoms with van der Waals surface area (Å²) >= 11 is 0. The van der Waals surface area contributed by atoms with Crippen LogP contribution in [0.2, 0.25) is 0 Å². The van der Waals surface area contributed by atoms with Crippen molar-refractivity contribution in [1.29, 1.82) is 0 Å². The maximum absolute atomic E-state index is 6.82. The molecule has 0 saturated heterocycles. The van der Waals surface area contributed by atoms with Crippen LogP contribution in [0.1, 0.15) is 42.9 Å². The summed E-state index contributed by atoms with van der Waals surface area (Å²) in [6.07, 6.45) is 5.82. The molecular formula is C51H36O. The first-order chi connectivity index (χ1) is 25.6. The highest BCUT2D eigenvalue weighted by Gasteiger charge is 2.46. The summed E-state index contributed by atoms with van der Waals surface area (Å²) in [5.74, 6) is 0.259. The van der Waals surface area contributed by atoms with Crippen LogP contribution < -0.4 is 0 Å². The van der Waals surface area contributed by atoms with Crippen LogP contribution in [0.4, 0.5) is 0 Å². The smallest absolute Gasteiger partial charge is 0.140 e. The molecule has 11 rings (SSSR count). The molecule has 1 unspecified atom stereocenters. The van der Waals surface area contributed by atoms with E-state index in [1.807, 2.05) is 0 Å². The van der Waals surface area contributed by atoms with Crippen LogP contribution in [0.3, 0.4) is 0 Å². The summed E-state index contributed by atoms with van der Waals surface area (Å²) in [5.41, 5.74) is 13.9. The predicted octanol–water partition coefficient (Wildman–Crippen LogP) is 14.2.